The molecule has 0 aliphatic heterocycles. The van der Waals surface area contributed by atoms with Crippen molar-refractivity contribution in [2.24, 2.45) is 0 Å². The lowest BCUT2D eigenvalue weighted by atomic mass is 10.1. The second-order valence-corrected chi connectivity index (χ2v) is 7.98. The quantitative estimate of drug-likeness (QED) is 0.411. The molecule has 8 heteroatoms. The molecule has 0 radical (unpaired) electrons. The first-order chi connectivity index (χ1) is 16.4. The van der Waals surface area contributed by atoms with Gasteiger partial charge in [-0.15, -0.1) is 0 Å². The van der Waals surface area contributed by atoms with Crippen molar-refractivity contribution in [3.8, 4) is 11.5 Å². The summed E-state index contributed by atoms with van der Waals surface area (Å²) >= 11 is 0. The Morgan fingerprint density at radius 3 is 2.47 bits per heavy atom. The zero-order valence-electron chi connectivity index (χ0n) is 19.5. The van der Waals surface area contributed by atoms with E-state index in [2.05, 4.69) is 20.7 Å². The number of hydrogen-bond acceptors (Lipinski definition) is 5. The van der Waals surface area contributed by atoms with Crippen LogP contribution in [-0.2, 0) is 24.3 Å². The van der Waals surface area contributed by atoms with E-state index in [4.69, 9.17) is 4.42 Å². The molecule has 2 aromatic heterocycles. The number of hydrogen-bond donors (Lipinski definition) is 2. The molecule has 2 aromatic carbocycles. The van der Waals surface area contributed by atoms with Crippen LogP contribution in [0.5, 0.6) is 0 Å². The van der Waals surface area contributed by atoms with Crippen molar-refractivity contribution in [2.45, 2.75) is 40.3 Å². The third kappa shape index (κ3) is 5.40. The fourth-order valence-electron chi connectivity index (χ4n) is 3.62. The number of nitrogens with zero attached hydrogens (tertiary/aromatic N) is 3. The van der Waals surface area contributed by atoms with Crippen molar-refractivity contribution in [2.75, 3.05) is 5.32 Å². The lowest BCUT2D eigenvalue weighted by molar-refractivity contribution is -0.115. The normalized spacial score (nSPS) is 10.8. The third-order valence-corrected chi connectivity index (χ3v) is 5.37. The maximum Gasteiger partial charge on any atom is 0.269 e. The Hall–Kier alpha value is -4.20. The van der Waals surface area contributed by atoms with E-state index in [1.54, 1.807) is 10.7 Å². The van der Waals surface area contributed by atoms with Crippen LogP contribution in [0.4, 0.5) is 5.69 Å². The molecule has 174 valence electrons. The minimum absolute atomic E-state index is 0.0800. The van der Waals surface area contributed by atoms with Gasteiger partial charge in [-0.1, -0.05) is 30.3 Å². The topological polar surface area (TPSA) is 102 Å². The Bertz CT molecular complexity index is 1290. The molecule has 0 spiro atoms. The summed E-state index contributed by atoms with van der Waals surface area (Å²) in [5.74, 6) is 0.805. The number of aromatic nitrogens is 3. The molecule has 4 rings (SSSR count). The number of nitrogens with one attached hydrogen (secondary N) is 2. The van der Waals surface area contributed by atoms with Gasteiger partial charge >= 0.3 is 0 Å². The highest BCUT2D eigenvalue weighted by Gasteiger charge is 2.16. The number of oxazole rings is 1. The standard InChI is InChI=1S/C26H27N5O3/c1-4-31-23(14-17(2)30-31)25(33)27-16-22-18(3)34-26(29-22)20-10-12-21(13-11-20)28-24(32)15-19-8-6-5-7-9-19/h5-14H,4,15-16H2,1-3H3,(H,27,33)(H,28,32). The first-order valence-electron chi connectivity index (χ1n) is 11.2. The van der Waals surface area contributed by atoms with Crippen LogP contribution >= 0.6 is 0 Å². The number of benzene rings is 2. The molecule has 0 atom stereocenters. The van der Waals surface area contributed by atoms with Crippen molar-refractivity contribution in [3.05, 3.63) is 89.1 Å². The van der Waals surface area contributed by atoms with Crippen LogP contribution in [-0.4, -0.2) is 26.6 Å². The zero-order chi connectivity index (χ0) is 24.1. The Morgan fingerprint density at radius 1 is 1.03 bits per heavy atom. The Kier molecular flexibility index (Phi) is 6.87. The summed E-state index contributed by atoms with van der Waals surface area (Å²) in [5, 5.41) is 10.1. The van der Waals surface area contributed by atoms with E-state index in [-0.39, 0.29) is 18.4 Å². The minimum Gasteiger partial charge on any atom is -0.441 e. The molecule has 2 heterocycles. The smallest absolute Gasteiger partial charge is 0.269 e. The van der Waals surface area contributed by atoms with Crippen LogP contribution in [0, 0.1) is 13.8 Å². The number of amides is 2. The average molecular weight is 458 g/mol. The van der Waals surface area contributed by atoms with Gasteiger partial charge in [-0.25, -0.2) is 4.98 Å². The van der Waals surface area contributed by atoms with Gasteiger partial charge in [0.15, 0.2) is 0 Å². The van der Waals surface area contributed by atoms with Crippen molar-refractivity contribution in [1.29, 1.82) is 0 Å². The second kappa shape index (κ2) is 10.2. The lowest BCUT2D eigenvalue weighted by Gasteiger charge is -2.06. The Balaban J connectivity index is 1.37. The molecular weight excluding hydrogens is 430 g/mol. The molecule has 0 bridgehead atoms. The first kappa shape index (κ1) is 23.0. The summed E-state index contributed by atoms with van der Waals surface area (Å²) < 4.78 is 7.49. The van der Waals surface area contributed by atoms with Gasteiger partial charge in [-0.3, -0.25) is 14.3 Å². The molecule has 0 saturated carbocycles. The molecule has 0 unspecified atom stereocenters. The predicted molar refractivity (Wildman–Crippen MR) is 129 cm³/mol. The number of rotatable bonds is 8. The summed E-state index contributed by atoms with van der Waals surface area (Å²) in [6.45, 7) is 6.48. The van der Waals surface area contributed by atoms with Crippen molar-refractivity contribution in [3.63, 3.8) is 0 Å². The van der Waals surface area contributed by atoms with Crippen LogP contribution in [0.2, 0.25) is 0 Å². The predicted octanol–water partition coefficient (Wildman–Crippen LogP) is 4.29. The molecule has 2 N–H and O–H groups in total. The minimum atomic E-state index is -0.206. The maximum atomic E-state index is 12.6. The van der Waals surface area contributed by atoms with Gasteiger partial charge in [0.05, 0.1) is 18.7 Å². The highest BCUT2D eigenvalue weighted by atomic mass is 16.4. The van der Waals surface area contributed by atoms with Crippen LogP contribution in [0.25, 0.3) is 11.5 Å². The number of carbonyl (C=O) groups excluding carboxylic acids is 2. The van der Waals surface area contributed by atoms with E-state index in [0.29, 0.717) is 41.7 Å². The van der Waals surface area contributed by atoms with Crippen LogP contribution in [0.3, 0.4) is 0 Å². The van der Waals surface area contributed by atoms with Gasteiger partial charge in [-0.2, -0.15) is 5.10 Å². The molecule has 0 saturated heterocycles. The SMILES string of the molecule is CCn1nc(C)cc1C(=O)NCc1nc(-c2ccc(NC(=O)Cc3ccccc3)cc2)oc1C. The van der Waals surface area contributed by atoms with Crippen LogP contribution in [0.15, 0.2) is 65.1 Å². The summed E-state index contributed by atoms with van der Waals surface area (Å²) in [7, 11) is 0. The summed E-state index contributed by atoms with van der Waals surface area (Å²) in [6.07, 6.45) is 0.315. The average Bonchev–Trinajstić information content (AvgIpc) is 3.40. The number of anilines is 1. The first-order valence-corrected chi connectivity index (χ1v) is 11.2. The van der Waals surface area contributed by atoms with E-state index >= 15 is 0 Å². The molecule has 0 aliphatic rings. The number of carbonyl (C=O) groups is 2. The molecule has 4 aromatic rings. The molecule has 0 aliphatic carbocycles. The molecule has 2 amide bonds. The van der Waals surface area contributed by atoms with E-state index in [1.807, 2.05) is 75.4 Å². The van der Waals surface area contributed by atoms with Gasteiger partial charge in [0.1, 0.15) is 17.1 Å². The van der Waals surface area contributed by atoms with E-state index in [0.717, 1.165) is 16.8 Å². The Morgan fingerprint density at radius 2 is 1.76 bits per heavy atom. The van der Waals surface area contributed by atoms with Crippen molar-refractivity contribution >= 4 is 17.5 Å². The highest BCUT2D eigenvalue weighted by molar-refractivity contribution is 5.93. The third-order valence-electron chi connectivity index (χ3n) is 5.37. The van der Waals surface area contributed by atoms with Gasteiger partial charge < -0.3 is 15.1 Å². The van der Waals surface area contributed by atoms with Gasteiger partial charge in [-0.05, 0) is 56.7 Å². The monoisotopic (exact) mass is 457 g/mol. The van der Waals surface area contributed by atoms with E-state index in [9.17, 15) is 9.59 Å². The molecule has 34 heavy (non-hydrogen) atoms. The van der Waals surface area contributed by atoms with Gasteiger partial charge in [0.25, 0.3) is 5.91 Å². The summed E-state index contributed by atoms with van der Waals surface area (Å²) in [6, 6.07) is 18.7. The van der Waals surface area contributed by atoms with Gasteiger partial charge in [0, 0.05) is 17.8 Å². The fraction of sp³-hybridized carbons (Fsp3) is 0.231. The van der Waals surface area contributed by atoms with Gasteiger partial charge in [0.2, 0.25) is 11.8 Å². The summed E-state index contributed by atoms with van der Waals surface area (Å²) in [4.78, 5) is 29.4. The van der Waals surface area contributed by atoms with Crippen molar-refractivity contribution in [1.82, 2.24) is 20.1 Å². The maximum absolute atomic E-state index is 12.6. The highest BCUT2D eigenvalue weighted by Crippen LogP contribution is 2.23. The second-order valence-electron chi connectivity index (χ2n) is 7.98. The molecule has 8 nitrogen and oxygen atoms in total. The fourth-order valence-corrected chi connectivity index (χ4v) is 3.62. The van der Waals surface area contributed by atoms with Crippen LogP contribution < -0.4 is 10.6 Å². The lowest BCUT2D eigenvalue weighted by Crippen LogP contribution is -2.26. The molecule has 0 fully saturated rings. The summed E-state index contributed by atoms with van der Waals surface area (Å²) in [5.41, 5.74) is 4.41. The molecular formula is C26H27N5O3. The van der Waals surface area contributed by atoms with Crippen molar-refractivity contribution < 1.29 is 14.0 Å². The largest absolute Gasteiger partial charge is 0.441 e. The Labute approximate surface area is 198 Å². The zero-order valence-corrected chi connectivity index (χ0v) is 19.5. The van der Waals surface area contributed by atoms with E-state index < -0.39 is 0 Å². The van der Waals surface area contributed by atoms with Crippen LogP contribution in [0.1, 0.15) is 40.1 Å². The number of aryl methyl sites for hydroxylation is 3. The van der Waals surface area contributed by atoms with E-state index in [1.165, 1.54) is 0 Å².